The number of ether oxygens (including phenoxy) is 2. The molecule has 0 radical (unpaired) electrons. The monoisotopic (exact) mass is 320 g/mol. The van der Waals surface area contributed by atoms with E-state index in [0.29, 0.717) is 5.92 Å². The van der Waals surface area contributed by atoms with Crippen molar-refractivity contribution < 1.29 is 9.47 Å². The predicted molar refractivity (Wildman–Crippen MR) is 80.7 cm³/mol. The molecule has 0 bridgehead atoms. The number of hydrogen-bond acceptors (Lipinski definition) is 2. The van der Waals surface area contributed by atoms with Crippen molar-refractivity contribution in [3.05, 3.63) is 40.9 Å². The molecule has 2 aromatic rings. The van der Waals surface area contributed by atoms with E-state index in [9.17, 15) is 0 Å². The molecular formula is C16H17BrO2. The van der Waals surface area contributed by atoms with Crippen molar-refractivity contribution in [2.24, 2.45) is 5.92 Å². The van der Waals surface area contributed by atoms with Gasteiger partial charge in [0.2, 0.25) is 0 Å². The molecule has 1 aliphatic rings. The van der Waals surface area contributed by atoms with Crippen molar-refractivity contribution in [2.45, 2.75) is 12.8 Å². The summed E-state index contributed by atoms with van der Waals surface area (Å²) in [7, 11) is 0. The van der Waals surface area contributed by atoms with Gasteiger partial charge in [0.1, 0.15) is 5.75 Å². The van der Waals surface area contributed by atoms with Crippen molar-refractivity contribution in [2.75, 3.05) is 19.8 Å². The predicted octanol–water partition coefficient (Wildman–Crippen LogP) is 4.41. The van der Waals surface area contributed by atoms with Crippen LogP contribution in [-0.2, 0) is 4.74 Å². The van der Waals surface area contributed by atoms with Crippen LogP contribution in [0.3, 0.4) is 0 Å². The average Bonchev–Trinajstić information content (AvgIpc) is 2.46. The summed E-state index contributed by atoms with van der Waals surface area (Å²) in [5, 5.41) is 2.44. The number of halogens is 1. The molecule has 0 atom stereocenters. The van der Waals surface area contributed by atoms with Gasteiger partial charge in [-0.05, 0) is 53.8 Å². The van der Waals surface area contributed by atoms with E-state index in [1.54, 1.807) is 0 Å². The molecule has 2 nitrogen and oxygen atoms in total. The van der Waals surface area contributed by atoms with Crippen LogP contribution in [0.2, 0.25) is 0 Å². The molecule has 0 aliphatic carbocycles. The first-order valence-electron chi connectivity index (χ1n) is 6.71. The maximum Gasteiger partial charge on any atom is 0.119 e. The Balaban J connectivity index is 1.70. The van der Waals surface area contributed by atoms with Gasteiger partial charge >= 0.3 is 0 Å². The quantitative estimate of drug-likeness (QED) is 0.834. The molecule has 0 aromatic heterocycles. The summed E-state index contributed by atoms with van der Waals surface area (Å²) in [5.74, 6) is 1.59. The second kappa shape index (κ2) is 5.93. The van der Waals surface area contributed by atoms with E-state index in [-0.39, 0.29) is 0 Å². The minimum absolute atomic E-state index is 0.631. The molecular weight excluding hydrogens is 304 g/mol. The first-order chi connectivity index (χ1) is 9.31. The summed E-state index contributed by atoms with van der Waals surface area (Å²) in [6, 6.07) is 12.6. The Hall–Kier alpha value is -1.06. The Morgan fingerprint density at radius 3 is 2.68 bits per heavy atom. The van der Waals surface area contributed by atoms with Gasteiger partial charge in [-0.3, -0.25) is 0 Å². The van der Waals surface area contributed by atoms with Crippen LogP contribution in [0, 0.1) is 5.92 Å². The van der Waals surface area contributed by atoms with Crippen LogP contribution >= 0.6 is 15.9 Å². The molecule has 1 fully saturated rings. The van der Waals surface area contributed by atoms with Gasteiger partial charge in [-0.2, -0.15) is 0 Å². The molecule has 19 heavy (non-hydrogen) atoms. The smallest absolute Gasteiger partial charge is 0.119 e. The molecule has 1 saturated heterocycles. The third-order valence-electron chi connectivity index (χ3n) is 3.60. The fourth-order valence-electron chi connectivity index (χ4n) is 2.41. The van der Waals surface area contributed by atoms with Gasteiger partial charge in [-0.25, -0.2) is 0 Å². The highest BCUT2D eigenvalue weighted by molar-refractivity contribution is 9.10. The van der Waals surface area contributed by atoms with Crippen molar-refractivity contribution in [3.63, 3.8) is 0 Å². The molecule has 0 amide bonds. The molecule has 100 valence electrons. The standard InChI is InChI=1S/C16H17BrO2/c17-15-3-1-13-2-4-16(10-14(13)9-15)19-11-12-5-7-18-8-6-12/h1-4,9-10,12H,5-8,11H2. The molecule has 0 unspecified atom stereocenters. The molecule has 0 N–H and O–H groups in total. The minimum atomic E-state index is 0.631. The summed E-state index contributed by atoms with van der Waals surface area (Å²) in [5.41, 5.74) is 0. The van der Waals surface area contributed by atoms with E-state index in [2.05, 4.69) is 52.3 Å². The van der Waals surface area contributed by atoms with E-state index in [1.807, 2.05) is 0 Å². The average molecular weight is 321 g/mol. The molecule has 3 rings (SSSR count). The van der Waals surface area contributed by atoms with Crippen molar-refractivity contribution in [3.8, 4) is 5.75 Å². The van der Waals surface area contributed by atoms with Crippen LogP contribution in [0.4, 0.5) is 0 Å². The van der Waals surface area contributed by atoms with E-state index >= 15 is 0 Å². The van der Waals surface area contributed by atoms with E-state index in [4.69, 9.17) is 9.47 Å². The SMILES string of the molecule is Brc1ccc2ccc(OCC3CCOCC3)cc2c1. The summed E-state index contributed by atoms with van der Waals surface area (Å²) >= 11 is 3.50. The fraction of sp³-hybridized carbons (Fsp3) is 0.375. The van der Waals surface area contributed by atoms with Gasteiger partial charge in [0.25, 0.3) is 0 Å². The van der Waals surface area contributed by atoms with Crippen LogP contribution in [0.25, 0.3) is 10.8 Å². The number of fused-ring (bicyclic) bond motifs is 1. The molecule has 3 heteroatoms. The highest BCUT2D eigenvalue weighted by Gasteiger charge is 2.14. The first kappa shape index (κ1) is 12.9. The normalized spacial score (nSPS) is 16.7. The number of hydrogen-bond donors (Lipinski definition) is 0. The van der Waals surface area contributed by atoms with Gasteiger partial charge in [0.05, 0.1) is 6.61 Å². The summed E-state index contributed by atoms with van der Waals surface area (Å²) in [6.45, 7) is 2.54. The zero-order valence-corrected chi connectivity index (χ0v) is 12.4. The third kappa shape index (κ3) is 3.28. The van der Waals surface area contributed by atoms with Crippen LogP contribution in [-0.4, -0.2) is 19.8 Å². The molecule has 1 heterocycles. The lowest BCUT2D eigenvalue weighted by atomic mass is 10.0. The van der Waals surface area contributed by atoms with Crippen molar-refractivity contribution in [1.29, 1.82) is 0 Å². The Bertz CT molecular complexity index is 562. The lowest BCUT2D eigenvalue weighted by Gasteiger charge is -2.22. The molecule has 2 aromatic carbocycles. The van der Waals surface area contributed by atoms with E-state index in [1.165, 1.54) is 10.8 Å². The fourth-order valence-corrected chi connectivity index (χ4v) is 2.79. The van der Waals surface area contributed by atoms with Crippen LogP contribution in [0.15, 0.2) is 40.9 Å². The second-order valence-corrected chi connectivity index (χ2v) is 5.94. The van der Waals surface area contributed by atoms with Crippen LogP contribution in [0.1, 0.15) is 12.8 Å². The highest BCUT2D eigenvalue weighted by atomic mass is 79.9. The van der Waals surface area contributed by atoms with Crippen molar-refractivity contribution in [1.82, 2.24) is 0 Å². The first-order valence-corrected chi connectivity index (χ1v) is 7.50. The Morgan fingerprint density at radius 2 is 1.84 bits per heavy atom. The second-order valence-electron chi connectivity index (χ2n) is 5.02. The summed E-state index contributed by atoms with van der Waals surface area (Å²) < 4.78 is 12.4. The molecule has 1 aliphatic heterocycles. The largest absolute Gasteiger partial charge is 0.493 e. The molecule has 0 spiro atoms. The van der Waals surface area contributed by atoms with Crippen LogP contribution < -0.4 is 4.74 Å². The van der Waals surface area contributed by atoms with Gasteiger partial charge in [0.15, 0.2) is 0 Å². The lowest BCUT2D eigenvalue weighted by molar-refractivity contribution is 0.0498. The maximum absolute atomic E-state index is 5.92. The zero-order valence-electron chi connectivity index (χ0n) is 10.8. The zero-order chi connectivity index (χ0) is 13.1. The van der Waals surface area contributed by atoms with Gasteiger partial charge in [-0.1, -0.05) is 28.1 Å². The van der Waals surface area contributed by atoms with E-state index in [0.717, 1.165) is 42.9 Å². The van der Waals surface area contributed by atoms with Gasteiger partial charge in [0, 0.05) is 17.7 Å². The number of benzene rings is 2. The van der Waals surface area contributed by atoms with Crippen LogP contribution in [0.5, 0.6) is 5.75 Å². The maximum atomic E-state index is 5.92. The summed E-state index contributed by atoms with van der Waals surface area (Å²) in [6.07, 6.45) is 2.22. The Kier molecular flexibility index (Phi) is 4.04. The Labute approximate surface area is 121 Å². The summed E-state index contributed by atoms with van der Waals surface area (Å²) in [4.78, 5) is 0. The van der Waals surface area contributed by atoms with Gasteiger partial charge in [-0.15, -0.1) is 0 Å². The van der Waals surface area contributed by atoms with E-state index < -0.39 is 0 Å². The Morgan fingerprint density at radius 1 is 1.05 bits per heavy atom. The topological polar surface area (TPSA) is 18.5 Å². The minimum Gasteiger partial charge on any atom is -0.493 e. The molecule has 0 saturated carbocycles. The number of rotatable bonds is 3. The van der Waals surface area contributed by atoms with Gasteiger partial charge < -0.3 is 9.47 Å². The third-order valence-corrected chi connectivity index (χ3v) is 4.09. The van der Waals surface area contributed by atoms with Crippen molar-refractivity contribution >= 4 is 26.7 Å². The highest BCUT2D eigenvalue weighted by Crippen LogP contribution is 2.25. The lowest BCUT2D eigenvalue weighted by Crippen LogP contribution is -2.21.